The Balaban J connectivity index is 1.75. The summed E-state index contributed by atoms with van der Waals surface area (Å²) in [5.74, 6) is 0.552. The van der Waals surface area contributed by atoms with Gasteiger partial charge in [-0.05, 0) is 93.6 Å². The summed E-state index contributed by atoms with van der Waals surface area (Å²) in [4.78, 5) is 23.5. The van der Waals surface area contributed by atoms with Crippen molar-refractivity contribution in [3.63, 3.8) is 0 Å². The third-order valence-electron chi connectivity index (χ3n) is 10.1. The van der Waals surface area contributed by atoms with Crippen LogP contribution in [0.4, 0.5) is 0 Å². The molecule has 1 fully saturated rings. The molecular formula is C30H40O4. The molecule has 0 aromatic rings. The topological polar surface area (TPSA) is 63.6 Å². The van der Waals surface area contributed by atoms with Gasteiger partial charge in [0, 0.05) is 17.4 Å². The number of carbonyl (C=O) groups is 2. The zero-order chi connectivity index (χ0) is 25.1. The van der Waals surface area contributed by atoms with E-state index < -0.39 is 5.97 Å². The second-order valence-electron chi connectivity index (χ2n) is 11.8. The first kappa shape index (κ1) is 24.8. The van der Waals surface area contributed by atoms with Gasteiger partial charge in [-0.3, -0.25) is 4.79 Å². The van der Waals surface area contributed by atoms with Crippen molar-refractivity contribution in [3.05, 3.63) is 58.9 Å². The Morgan fingerprint density at radius 1 is 1.32 bits per heavy atom. The molecule has 4 nitrogen and oxygen atoms in total. The van der Waals surface area contributed by atoms with Crippen molar-refractivity contribution in [3.8, 4) is 0 Å². The molecule has 1 spiro atoms. The molecule has 0 amide bonds. The van der Waals surface area contributed by atoms with Gasteiger partial charge in [-0.15, -0.1) is 0 Å². The zero-order valence-corrected chi connectivity index (χ0v) is 21.7. The first-order valence-corrected chi connectivity index (χ1v) is 12.7. The minimum atomic E-state index is -0.720. The summed E-state index contributed by atoms with van der Waals surface area (Å²) >= 11 is 0. The highest BCUT2D eigenvalue weighted by Gasteiger charge is 2.63. The van der Waals surface area contributed by atoms with E-state index in [4.69, 9.17) is 4.74 Å². The van der Waals surface area contributed by atoms with E-state index in [0.717, 1.165) is 31.3 Å². The van der Waals surface area contributed by atoms with Crippen LogP contribution in [0.3, 0.4) is 0 Å². The average molecular weight is 465 g/mol. The van der Waals surface area contributed by atoms with Crippen molar-refractivity contribution in [2.75, 3.05) is 0 Å². The van der Waals surface area contributed by atoms with E-state index in [1.165, 1.54) is 11.1 Å². The summed E-state index contributed by atoms with van der Waals surface area (Å²) < 4.78 is 5.49. The maximum absolute atomic E-state index is 11.9. The van der Waals surface area contributed by atoms with Crippen LogP contribution in [0.15, 0.2) is 58.9 Å². The third kappa shape index (κ3) is 3.48. The molecule has 0 unspecified atom stereocenters. The SMILES string of the molecule is C=C(C)[C@@H]1CC=C2[C@@H](CC[C@]23C(C)=CC[C@@]3(C)[C@H](C)/C=C2/C=C(C)C(=O)O2)[C@]1(C)CCC(=O)O. The predicted molar refractivity (Wildman–Crippen MR) is 135 cm³/mol. The number of cyclic esters (lactones) is 1. The highest BCUT2D eigenvalue weighted by molar-refractivity contribution is 5.92. The number of hydrogen-bond donors (Lipinski definition) is 1. The number of fused-ring (bicyclic) bond motifs is 2. The lowest BCUT2D eigenvalue weighted by atomic mass is 9.51. The fourth-order valence-electron chi connectivity index (χ4n) is 7.99. The maximum atomic E-state index is 11.9. The third-order valence-corrected chi connectivity index (χ3v) is 10.1. The number of carbonyl (C=O) groups excluding carboxylic acids is 1. The average Bonchev–Trinajstić information content (AvgIpc) is 3.39. The van der Waals surface area contributed by atoms with E-state index in [-0.39, 0.29) is 34.6 Å². The van der Waals surface area contributed by atoms with Crippen LogP contribution in [-0.4, -0.2) is 17.0 Å². The number of allylic oxidation sites excluding steroid dienone is 7. The van der Waals surface area contributed by atoms with E-state index in [1.54, 1.807) is 6.92 Å². The Morgan fingerprint density at radius 3 is 2.62 bits per heavy atom. The van der Waals surface area contributed by atoms with Crippen molar-refractivity contribution < 1.29 is 19.4 Å². The van der Waals surface area contributed by atoms with Crippen LogP contribution >= 0.6 is 0 Å². The van der Waals surface area contributed by atoms with Crippen LogP contribution in [-0.2, 0) is 14.3 Å². The number of aliphatic carboxylic acids is 1. The molecule has 0 aromatic carbocycles. The minimum absolute atomic E-state index is 0.0365. The number of rotatable bonds is 6. The standard InChI is InChI=1S/C30H40O4/c1-18(2)23-8-9-25-24(28(23,6)13-12-26(31)32)11-15-30(25)20(4)10-14-29(30,7)21(5)17-22-16-19(3)27(33)34-22/h9-10,16-17,21,23-24H,1,8,11-15H2,2-7H3,(H,31,32)/b22-17-/t21-,23+,24-,28-,29+,30+/m1/s1. The molecule has 4 rings (SSSR count). The van der Waals surface area contributed by atoms with Crippen LogP contribution < -0.4 is 0 Å². The molecular weight excluding hydrogens is 424 g/mol. The van der Waals surface area contributed by atoms with Crippen LogP contribution in [0.5, 0.6) is 0 Å². The fraction of sp³-hybridized carbons (Fsp3) is 0.600. The molecule has 0 saturated heterocycles. The fourth-order valence-corrected chi connectivity index (χ4v) is 7.99. The van der Waals surface area contributed by atoms with E-state index >= 15 is 0 Å². The number of esters is 1. The van der Waals surface area contributed by atoms with Gasteiger partial charge in [0.2, 0.25) is 0 Å². The quantitative estimate of drug-likeness (QED) is 0.335. The molecule has 184 valence electrons. The summed E-state index contributed by atoms with van der Waals surface area (Å²) in [7, 11) is 0. The zero-order valence-electron chi connectivity index (χ0n) is 21.7. The van der Waals surface area contributed by atoms with Gasteiger partial charge in [0.05, 0.1) is 0 Å². The Labute approximate surface area is 204 Å². The van der Waals surface area contributed by atoms with Crippen LogP contribution in [0.1, 0.15) is 80.1 Å². The summed E-state index contributed by atoms with van der Waals surface area (Å²) in [6.07, 6.45) is 13.8. The van der Waals surface area contributed by atoms with Crippen molar-refractivity contribution >= 4 is 11.9 Å². The molecule has 1 N–H and O–H groups in total. The molecule has 0 bridgehead atoms. The Kier molecular flexibility index (Phi) is 6.11. The number of carboxylic acid groups (broad SMARTS) is 1. The number of ether oxygens (including phenoxy) is 1. The van der Waals surface area contributed by atoms with Crippen molar-refractivity contribution in [2.24, 2.45) is 34.0 Å². The molecule has 1 saturated carbocycles. The molecule has 0 aromatic heterocycles. The highest BCUT2D eigenvalue weighted by atomic mass is 16.5. The maximum Gasteiger partial charge on any atom is 0.339 e. The van der Waals surface area contributed by atoms with Crippen molar-refractivity contribution in [1.82, 2.24) is 0 Å². The molecule has 34 heavy (non-hydrogen) atoms. The first-order chi connectivity index (χ1) is 15.9. The molecule has 0 radical (unpaired) electrons. The Bertz CT molecular complexity index is 1060. The van der Waals surface area contributed by atoms with Crippen LogP contribution in [0.2, 0.25) is 0 Å². The van der Waals surface area contributed by atoms with E-state index in [0.29, 0.717) is 29.6 Å². The predicted octanol–water partition coefficient (Wildman–Crippen LogP) is 7.16. The minimum Gasteiger partial charge on any atom is -0.481 e. The lowest BCUT2D eigenvalue weighted by Gasteiger charge is -2.53. The van der Waals surface area contributed by atoms with E-state index in [2.05, 4.69) is 59.4 Å². The summed E-state index contributed by atoms with van der Waals surface area (Å²) in [6.45, 7) is 17.5. The van der Waals surface area contributed by atoms with Crippen LogP contribution in [0.25, 0.3) is 0 Å². The summed E-state index contributed by atoms with van der Waals surface area (Å²) in [5, 5.41) is 9.51. The lowest BCUT2D eigenvalue weighted by molar-refractivity contribution is -0.138. The van der Waals surface area contributed by atoms with Gasteiger partial charge in [-0.25, -0.2) is 4.79 Å². The smallest absolute Gasteiger partial charge is 0.339 e. The van der Waals surface area contributed by atoms with Gasteiger partial charge in [0.25, 0.3) is 0 Å². The first-order valence-electron chi connectivity index (χ1n) is 12.7. The Hall–Kier alpha value is -2.36. The van der Waals surface area contributed by atoms with Crippen molar-refractivity contribution in [2.45, 2.75) is 80.1 Å². The summed E-state index contributed by atoms with van der Waals surface area (Å²) in [5.41, 5.74) is 4.59. The number of hydrogen-bond acceptors (Lipinski definition) is 3. The second kappa shape index (κ2) is 8.39. The van der Waals surface area contributed by atoms with Gasteiger partial charge in [0.1, 0.15) is 5.76 Å². The second-order valence-corrected chi connectivity index (χ2v) is 11.8. The van der Waals surface area contributed by atoms with Crippen molar-refractivity contribution in [1.29, 1.82) is 0 Å². The monoisotopic (exact) mass is 464 g/mol. The molecule has 3 aliphatic carbocycles. The van der Waals surface area contributed by atoms with Gasteiger partial charge < -0.3 is 9.84 Å². The van der Waals surface area contributed by atoms with Gasteiger partial charge in [-0.1, -0.05) is 56.2 Å². The highest BCUT2D eigenvalue weighted by Crippen LogP contribution is 2.72. The van der Waals surface area contributed by atoms with Gasteiger partial charge in [-0.2, -0.15) is 0 Å². The Morgan fingerprint density at radius 2 is 2.03 bits per heavy atom. The number of carboxylic acids is 1. The molecule has 4 heteroatoms. The van der Waals surface area contributed by atoms with Gasteiger partial charge in [0.15, 0.2) is 0 Å². The summed E-state index contributed by atoms with van der Waals surface area (Å²) in [6, 6.07) is 0. The molecule has 1 aliphatic heterocycles. The lowest BCUT2D eigenvalue weighted by Crippen LogP contribution is -2.45. The largest absolute Gasteiger partial charge is 0.481 e. The van der Waals surface area contributed by atoms with E-state index in [9.17, 15) is 14.7 Å². The molecule has 4 aliphatic rings. The van der Waals surface area contributed by atoms with Gasteiger partial charge >= 0.3 is 11.9 Å². The van der Waals surface area contributed by atoms with Crippen LogP contribution in [0, 0.1) is 34.0 Å². The molecule has 6 atom stereocenters. The normalized spacial score (nSPS) is 38.9. The molecule has 1 heterocycles. The van der Waals surface area contributed by atoms with E-state index in [1.807, 2.05) is 6.08 Å².